The SMILES string of the molecule is CC(=O)Nc1cccc(Cl)c1C(C(=O)O)C(=O)N(N)C(=O)[C@H](CC(C)C)NC(=O)OCc1ccccc1. The van der Waals surface area contributed by atoms with Crippen LogP contribution in [0, 0.1) is 5.92 Å². The maximum atomic E-state index is 13.2. The molecule has 198 valence electrons. The topological polar surface area (TPSA) is 168 Å². The summed E-state index contributed by atoms with van der Waals surface area (Å²) in [7, 11) is 0. The van der Waals surface area contributed by atoms with Gasteiger partial charge in [0.2, 0.25) is 5.91 Å². The van der Waals surface area contributed by atoms with E-state index in [0.29, 0.717) is 0 Å². The minimum atomic E-state index is -2.02. The van der Waals surface area contributed by atoms with Crippen LogP contribution >= 0.6 is 11.6 Å². The van der Waals surface area contributed by atoms with Crippen molar-refractivity contribution in [3.8, 4) is 0 Å². The molecule has 1 unspecified atom stereocenters. The summed E-state index contributed by atoms with van der Waals surface area (Å²) >= 11 is 6.18. The third kappa shape index (κ3) is 8.29. The Bertz CT molecular complexity index is 1160. The molecular formula is C25H29ClN4O7. The van der Waals surface area contributed by atoms with Crippen molar-refractivity contribution in [2.24, 2.45) is 11.8 Å². The fourth-order valence-corrected chi connectivity index (χ4v) is 3.78. The number of benzene rings is 2. The van der Waals surface area contributed by atoms with Crippen LogP contribution in [0.5, 0.6) is 0 Å². The number of anilines is 1. The van der Waals surface area contributed by atoms with Gasteiger partial charge in [0, 0.05) is 23.2 Å². The smallest absolute Gasteiger partial charge is 0.408 e. The number of hydrazine groups is 1. The van der Waals surface area contributed by atoms with E-state index in [0.717, 1.165) is 5.56 Å². The second kappa shape index (κ2) is 13.4. The molecule has 0 aliphatic carbocycles. The van der Waals surface area contributed by atoms with Crippen molar-refractivity contribution in [1.29, 1.82) is 0 Å². The number of carboxylic acid groups (broad SMARTS) is 1. The molecule has 0 aromatic heterocycles. The van der Waals surface area contributed by atoms with Gasteiger partial charge in [0.05, 0.1) is 0 Å². The molecule has 0 aliphatic rings. The van der Waals surface area contributed by atoms with Crippen molar-refractivity contribution in [1.82, 2.24) is 10.3 Å². The van der Waals surface area contributed by atoms with Crippen LogP contribution in [0.15, 0.2) is 48.5 Å². The quantitative estimate of drug-likeness (QED) is 0.157. The highest BCUT2D eigenvalue weighted by atomic mass is 35.5. The predicted octanol–water partition coefficient (Wildman–Crippen LogP) is 3.04. The summed E-state index contributed by atoms with van der Waals surface area (Å²) in [5.74, 6) is -0.871. The van der Waals surface area contributed by atoms with Gasteiger partial charge >= 0.3 is 12.1 Å². The lowest BCUT2D eigenvalue weighted by atomic mass is 9.95. The Kier molecular flexibility index (Phi) is 10.6. The first-order valence-corrected chi connectivity index (χ1v) is 11.7. The van der Waals surface area contributed by atoms with Crippen molar-refractivity contribution in [3.63, 3.8) is 0 Å². The number of amides is 4. The Morgan fingerprint density at radius 3 is 2.24 bits per heavy atom. The van der Waals surface area contributed by atoms with Gasteiger partial charge in [-0.25, -0.2) is 15.6 Å². The zero-order valence-electron chi connectivity index (χ0n) is 20.6. The van der Waals surface area contributed by atoms with E-state index in [9.17, 15) is 29.1 Å². The van der Waals surface area contributed by atoms with Gasteiger partial charge in [0.15, 0.2) is 5.92 Å². The van der Waals surface area contributed by atoms with Gasteiger partial charge in [0.25, 0.3) is 11.8 Å². The maximum absolute atomic E-state index is 13.2. The molecule has 0 saturated carbocycles. The first kappa shape index (κ1) is 29.3. The number of halogens is 1. The molecule has 5 N–H and O–H groups in total. The zero-order valence-corrected chi connectivity index (χ0v) is 21.3. The van der Waals surface area contributed by atoms with E-state index in [1.807, 2.05) is 0 Å². The number of carbonyl (C=O) groups excluding carboxylic acids is 4. The Labute approximate surface area is 218 Å². The molecule has 2 aromatic carbocycles. The van der Waals surface area contributed by atoms with Gasteiger partial charge in [-0.2, -0.15) is 0 Å². The summed E-state index contributed by atoms with van der Waals surface area (Å²) < 4.78 is 5.16. The lowest BCUT2D eigenvalue weighted by Gasteiger charge is -2.26. The number of nitrogens with zero attached hydrogens (tertiary/aromatic N) is 1. The van der Waals surface area contributed by atoms with Crippen molar-refractivity contribution in [2.45, 2.75) is 45.8 Å². The molecule has 0 spiro atoms. The summed E-state index contributed by atoms with van der Waals surface area (Å²) in [4.78, 5) is 62.4. The van der Waals surface area contributed by atoms with Crippen LogP contribution < -0.4 is 16.5 Å². The normalized spacial score (nSPS) is 12.3. The van der Waals surface area contributed by atoms with E-state index in [1.165, 1.54) is 25.1 Å². The van der Waals surface area contributed by atoms with E-state index >= 15 is 0 Å². The number of hydrogen-bond acceptors (Lipinski definition) is 7. The van der Waals surface area contributed by atoms with E-state index < -0.39 is 41.7 Å². The van der Waals surface area contributed by atoms with E-state index in [2.05, 4.69) is 10.6 Å². The number of ether oxygens (including phenoxy) is 1. The fraction of sp³-hybridized carbons (Fsp3) is 0.320. The molecule has 2 aromatic rings. The average Bonchev–Trinajstić information content (AvgIpc) is 2.83. The highest BCUT2D eigenvalue weighted by Gasteiger charge is 2.39. The zero-order chi connectivity index (χ0) is 27.7. The van der Waals surface area contributed by atoms with Gasteiger partial charge in [-0.15, -0.1) is 0 Å². The number of hydrogen-bond donors (Lipinski definition) is 4. The first-order valence-electron chi connectivity index (χ1n) is 11.3. The molecule has 0 aliphatic heterocycles. The van der Waals surface area contributed by atoms with Crippen molar-refractivity contribution < 1.29 is 33.8 Å². The standard InChI is InChI=1S/C25H29ClN4O7/c1-14(2)12-19(29-25(36)37-13-16-8-5-4-6-9-16)22(32)30(27)23(33)21(24(34)35)20-17(26)10-7-11-18(20)28-15(3)31/h4-11,14,19,21H,12-13,27H2,1-3H3,(H,28,31)(H,29,36)(H,34,35)/t19-,21?/m0/s1. The number of nitrogens with two attached hydrogens (primary N) is 1. The third-order valence-electron chi connectivity index (χ3n) is 5.13. The number of alkyl carbamates (subject to hydrolysis) is 1. The largest absolute Gasteiger partial charge is 0.480 e. The summed E-state index contributed by atoms with van der Waals surface area (Å²) in [6.07, 6.45) is -0.834. The van der Waals surface area contributed by atoms with E-state index in [4.69, 9.17) is 22.2 Å². The second-order valence-corrected chi connectivity index (χ2v) is 9.00. The fourth-order valence-electron chi connectivity index (χ4n) is 3.50. The highest BCUT2D eigenvalue weighted by Crippen LogP contribution is 2.33. The number of rotatable bonds is 10. The van der Waals surface area contributed by atoms with E-state index in [1.54, 1.807) is 44.2 Å². The van der Waals surface area contributed by atoms with Gasteiger partial charge < -0.3 is 20.5 Å². The molecule has 0 heterocycles. The molecule has 37 heavy (non-hydrogen) atoms. The van der Waals surface area contributed by atoms with Crippen LogP contribution in [0.25, 0.3) is 0 Å². The van der Waals surface area contributed by atoms with Crippen LogP contribution in [-0.2, 0) is 30.5 Å². The van der Waals surface area contributed by atoms with Crippen LogP contribution in [-0.4, -0.2) is 45.9 Å². The van der Waals surface area contributed by atoms with E-state index in [-0.39, 0.29) is 40.2 Å². The molecular weight excluding hydrogens is 504 g/mol. The molecule has 0 bridgehead atoms. The van der Waals surface area contributed by atoms with Crippen LogP contribution in [0.4, 0.5) is 10.5 Å². The van der Waals surface area contributed by atoms with Crippen LogP contribution in [0.2, 0.25) is 5.02 Å². The van der Waals surface area contributed by atoms with Gasteiger partial charge in [0.1, 0.15) is 12.6 Å². The molecule has 2 rings (SSSR count). The molecule has 4 amide bonds. The summed E-state index contributed by atoms with van der Waals surface area (Å²) in [6.45, 7) is 4.70. The molecule has 2 atom stereocenters. The molecule has 0 fully saturated rings. The summed E-state index contributed by atoms with van der Waals surface area (Å²) in [5.41, 5.74) is 0.456. The highest BCUT2D eigenvalue weighted by molar-refractivity contribution is 6.33. The van der Waals surface area contributed by atoms with Crippen molar-refractivity contribution in [2.75, 3.05) is 5.32 Å². The summed E-state index contributed by atoms with van der Waals surface area (Å²) in [5, 5.41) is 14.7. The summed E-state index contributed by atoms with van der Waals surface area (Å²) in [6, 6.07) is 11.7. The van der Waals surface area contributed by atoms with Crippen molar-refractivity contribution >= 4 is 47.1 Å². The molecule has 0 radical (unpaired) electrons. The Balaban J connectivity index is 2.27. The van der Waals surface area contributed by atoms with Crippen LogP contribution in [0.1, 0.15) is 44.2 Å². The Hall–Kier alpha value is -3.96. The number of carboxylic acids is 1. The van der Waals surface area contributed by atoms with Gasteiger partial charge in [-0.3, -0.25) is 19.2 Å². The second-order valence-electron chi connectivity index (χ2n) is 8.59. The predicted molar refractivity (Wildman–Crippen MR) is 135 cm³/mol. The third-order valence-corrected chi connectivity index (χ3v) is 5.46. The maximum Gasteiger partial charge on any atom is 0.408 e. The minimum absolute atomic E-state index is 0.0251. The van der Waals surface area contributed by atoms with Crippen molar-refractivity contribution in [3.05, 3.63) is 64.7 Å². The number of nitrogens with one attached hydrogen (secondary N) is 2. The number of imide groups is 1. The average molecular weight is 533 g/mol. The monoisotopic (exact) mass is 532 g/mol. The lowest BCUT2D eigenvalue weighted by Crippen LogP contribution is -2.55. The number of carbonyl (C=O) groups is 5. The van der Waals surface area contributed by atoms with Gasteiger partial charge in [-0.1, -0.05) is 61.8 Å². The molecule has 12 heteroatoms. The lowest BCUT2D eigenvalue weighted by molar-refractivity contribution is -0.152. The number of aliphatic carboxylic acids is 1. The Morgan fingerprint density at radius 1 is 1.03 bits per heavy atom. The minimum Gasteiger partial charge on any atom is -0.480 e. The van der Waals surface area contributed by atoms with Gasteiger partial charge in [-0.05, 0) is 30.0 Å². The first-order chi connectivity index (χ1) is 17.4. The molecule has 11 nitrogen and oxygen atoms in total. The van der Waals surface area contributed by atoms with Crippen LogP contribution in [0.3, 0.4) is 0 Å². The Morgan fingerprint density at radius 2 is 1.68 bits per heavy atom. The molecule has 0 saturated heterocycles.